The van der Waals surface area contributed by atoms with Gasteiger partial charge in [-0.3, -0.25) is 0 Å². The summed E-state index contributed by atoms with van der Waals surface area (Å²) in [5, 5.41) is 1.28. The van der Waals surface area contributed by atoms with Crippen LogP contribution in [0.4, 0.5) is 0 Å². The highest BCUT2D eigenvalue weighted by Gasteiger charge is 2.36. The first-order chi connectivity index (χ1) is 28.3. The van der Waals surface area contributed by atoms with Gasteiger partial charge in [0, 0.05) is 22.1 Å². The predicted octanol–water partition coefficient (Wildman–Crippen LogP) is 12.7. The second-order valence-electron chi connectivity index (χ2n) is 15.8. The number of hydrogen-bond donors (Lipinski definition) is 0. The van der Waals surface area contributed by atoms with Crippen molar-refractivity contribution in [3.05, 3.63) is 181 Å². The van der Waals surface area contributed by atoms with Gasteiger partial charge in [0.25, 0.3) is 0 Å². The SMILES string of the molecule is [2H]c1c([2H])c(-c2ccc3c(c2)C(C)(C)c2cc(-c4cccc(-c5nc(-c6ccccc6)nc(-c6ccccc6)n5)c4)ccc2-3)c([2H])c([2H])c1-c1ccc([Si](C)(C)C)cc1. The van der Waals surface area contributed by atoms with E-state index in [0.717, 1.165) is 44.5 Å². The van der Waals surface area contributed by atoms with Gasteiger partial charge in [-0.05, 0) is 73.8 Å². The van der Waals surface area contributed by atoms with Crippen LogP contribution in [0.5, 0.6) is 0 Å². The summed E-state index contributed by atoms with van der Waals surface area (Å²) in [5.74, 6) is 1.84. The van der Waals surface area contributed by atoms with Crippen LogP contribution >= 0.6 is 0 Å². The summed E-state index contributed by atoms with van der Waals surface area (Å²) in [7, 11) is -1.54. The maximum absolute atomic E-state index is 9.14. The molecule has 0 radical (unpaired) electrons. The van der Waals surface area contributed by atoms with Gasteiger partial charge >= 0.3 is 0 Å². The Hall–Kier alpha value is -6.23. The van der Waals surface area contributed by atoms with Gasteiger partial charge in [-0.1, -0.05) is 190 Å². The Morgan fingerprint density at radius 3 is 1.31 bits per heavy atom. The molecule has 1 heterocycles. The van der Waals surface area contributed by atoms with Gasteiger partial charge in [0.2, 0.25) is 0 Å². The van der Waals surface area contributed by atoms with Crippen molar-refractivity contribution in [2.24, 2.45) is 0 Å². The Morgan fingerprint density at radius 2 is 0.800 bits per heavy atom. The zero-order valence-corrected chi connectivity index (χ0v) is 32.7. The van der Waals surface area contributed by atoms with Crippen LogP contribution in [0.3, 0.4) is 0 Å². The van der Waals surface area contributed by atoms with Crippen LogP contribution in [0.1, 0.15) is 30.5 Å². The van der Waals surface area contributed by atoms with Crippen molar-refractivity contribution in [2.45, 2.75) is 38.9 Å². The van der Waals surface area contributed by atoms with Crippen LogP contribution in [0.15, 0.2) is 170 Å². The minimum Gasteiger partial charge on any atom is -0.208 e. The van der Waals surface area contributed by atoms with Crippen LogP contribution in [0.2, 0.25) is 19.6 Å². The van der Waals surface area contributed by atoms with E-state index >= 15 is 0 Å². The molecule has 0 unspecified atom stereocenters. The molecule has 0 fully saturated rings. The fraction of sp³-hybridized carbons (Fsp3) is 0.118. The van der Waals surface area contributed by atoms with E-state index in [9.17, 15) is 0 Å². The van der Waals surface area contributed by atoms with Crippen molar-refractivity contribution in [2.75, 3.05) is 0 Å². The summed E-state index contributed by atoms with van der Waals surface area (Å²) < 4.78 is 36.4. The summed E-state index contributed by atoms with van der Waals surface area (Å²) in [6, 6.07) is 48.9. The molecule has 7 aromatic carbocycles. The molecule has 55 heavy (non-hydrogen) atoms. The minimum absolute atomic E-state index is 0.0265. The smallest absolute Gasteiger partial charge is 0.164 e. The number of hydrogen-bond acceptors (Lipinski definition) is 3. The van der Waals surface area contributed by atoms with Gasteiger partial charge < -0.3 is 0 Å². The molecule has 0 amide bonds. The van der Waals surface area contributed by atoms with Crippen molar-refractivity contribution < 1.29 is 5.48 Å². The third-order valence-corrected chi connectivity index (χ3v) is 12.8. The third kappa shape index (κ3) is 6.53. The fourth-order valence-corrected chi connectivity index (χ4v) is 8.75. The summed E-state index contributed by atoms with van der Waals surface area (Å²) in [6.45, 7) is 11.3. The van der Waals surface area contributed by atoms with Gasteiger partial charge in [-0.2, -0.15) is 0 Å². The van der Waals surface area contributed by atoms with E-state index in [1.54, 1.807) is 0 Å². The molecule has 3 nitrogen and oxygen atoms in total. The molecule has 4 heteroatoms. The first kappa shape index (κ1) is 30.1. The minimum atomic E-state index is -1.54. The molecule has 266 valence electrons. The molecule has 0 atom stereocenters. The Balaban J connectivity index is 1.07. The van der Waals surface area contributed by atoms with Crippen LogP contribution in [-0.4, -0.2) is 23.0 Å². The van der Waals surface area contributed by atoms with E-state index in [-0.39, 0.29) is 24.2 Å². The van der Waals surface area contributed by atoms with Gasteiger partial charge in [-0.25, -0.2) is 15.0 Å². The topological polar surface area (TPSA) is 38.7 Å². The van der Waals surface area contributed by atoms with Crippen molar-refractivity contribution in [1.29, 1.82) is 0 Å². The molecule has 0 bridgehead atoms. The first-order valence-electron chi connectivity index (χ1n) is 20.8. The van der Waals surface area contributed by atoms with Gasteiger partial charge in [0.1, 0.15) is 0 Å². The third-order valence-electron chi connectivity index (χ3n) is 10.8. The van der Waals surface area contributed by atoms with Crippen LogP contribution in [0, 0.1) is 0 Å². The predicted molar refractivity (Wildman–Crippen MR) is 233 cm³/mol. The van der Waals surface area contributed by atoms with E-state index < -0.39 is 13.5 Å². The second-order valence-corrected chi connectivity index (χ2v) is 20.9. The molecule has 8 aromatic rings. The quantitative estimate of drug-likeness (QED) is 0.153. The van der Waals surface area contributed by atoms with E-state index in [0.29, 0.717) is 39.7 Å². The summed E-state index contributed by atoms with van der Waals surface area (Å²) in [5.41, 5.74) is 11.0. The van der Waals surface area contributed by atoms with E-state index in [4.69, 9.17) is 20.4 Å². The average molecular weight is 730 g/mol. The Labute approximate surface area is 331 Å². The van der Waals surface area contributed by atoms with Crippen LogP contribution in [-0.2, 0) is 5.41 Å². The number of nitrogens with zero attached hydrogens (tertiary/aromatic N) is 3. The highest BCUT2D eigenvalue weighted by Crippen LogP contribution is 2.50. The molecule has 1 aliphatic rings. The fourth-order valence-electron chi connectivity index (χ4n) is 7.59. The van der Waals surface area contributed by atoms with E-state index in [1.165, 1.54) is 10.8 Å². The molecule has 0 N–H and O–H groups in total. The molecule has 1 aromatic heterocycles. The highest BCUT2D eigenvalue weighted by molar-refractivity contribution is 6.88. The number of fused-ring (bicyclic) bond motifs is 3. The van der Waals surface area contributed by atoms with Crippen molar-refractivity contribution in [3.8, 4) is 78.7 Å². The van der Waals surface area contributed by atoms with E-state index in [2.05, 4.69) is 88.1 Å². The summed E-state index contributed by atoms with van der Waals surface area (Å²) in [4.78, 5) is 14.8. The zero-order valence-electron chi connectivity index (χ0n) is 35.7. The lowest BCUT2D eigenvalue weighted by atomic mass is 9.80. The summed E-state index contributed by atoms with van der Waals surface area (Å²) >= 11 is 0. The number of aromatic nitrogens is 3. The molecule has 0 saturated heterocycles. The standard InChI is InChI=1S/C51H43N3Si/c1-51(2)46-32-40(36-21-19-34(20-22-36)35-23-27-43(28-24-35)55(3,4)5)25-29-44(46)45-30-26-41(33-47(45)51)39-17-12-18-42(31-39)50-53-48(37-13-8-6-9-14-37)52-49(54-50)38-15-10-7-11-16-38/h6-33H,1-5H3/i19D,20D,21D,22D. The van der Waals surface area contributed by atoms with Crippen LogP contribution < -0.4 is 5.19 Å². The van der Waals surface area contributed by atoms with Gasteiger partial charge in [0.05, 0.1) is 13.6 Å². The largest absolute Gasteiger partial charge is 0.208 e. The molecule has 0 saturated carbocycles. The molecule has 9 rings (SSSR count). The monoisotopic (exact) mass is 729 g/mol. The van der Waals surface area contributed by atoms with Gasteiger partial charge in [-0.15, -0.1) is 0 Å². The molecule has 1 aliphatic carbocycles. The zero-order chi connectivity index (χ0) is 41.2. The molecule has 0 aliphatic heterocycles. The van der Waals surface area contributed by atoms with Crippen molar-refractivity contribution in [3.63, 3.8) is 0 Å². The first-order valence-corrected chi connectivity index (χ1v) is 22.3. The molecular formula is C51H43N3Si. The lowest BCUT2D eigenvalue weighted by Crippen LogP contribution is -2.37. The summed E-state index contributed by atoms with van der Waals surface area (Å²) in [6.07, 6.45) is 0. The maximum atomic E-state index is 9.14. The van der Waals surface area contributed by atoms with Crippen LogP contribution in [0.25, 0.3) is 78.7 Å². The Bertz CT molecular complexity index is 2840. The lowest BCUT2D eigenvalue weighted by molar-refractivity contribution is 0.661. The van der Waals surface area contributed by atoms with E-state index in [1.807, 2.05) is 91.0 Å². The Kier molecular flexibility index (Phi) is 7.43. The number of rotatable bonds is 7. The number of benzene rings is 7. The highest BCUT2D eigenvalue weighted by atomic mass is 28.3. The van der Waals surface area contributed by atoms with Gasteiger partial charge in [0.15, 0.2) is 17.5 Å². The maximum Gasteiger partial charge on any atom is 0.164 e. The normalized spacial score (nSPS) is 14.0. The second kappa shape index (κ2) is 13.6. The lowest BCUT2D eigenvalue weighted by Gasteiger charge is -2.23. The average Bonchev–Trinajstić information content (AvgIpc) is 3.48. The molecular weight excluding hydrogens is 683 g/mol. The molecule has 0 spiro atoms. The van der Waals surface area contributed by atoms with Crippen molar-refractivity contribution in [1.82, 2.24) is 15.0 Å². The van der Waals surface area contributed by atoms with Crippen molar-refractivity contribution >= 4 is 13.3 Å². The Morgan fingerprint density at radius 1 is 0.400 bits per heavy atom.